The van der Waals surface area contributed by atoms with Gasteiger partial charge in [-0.05, 0) is 30.3 Å². The molecule has 0 bridgehead atoms. The van der Waals surface area contributed by atoms with Crippen molar-refractivity contribution in [3.8, 4) is 11.5 Å². The van der Waals surface area contributed by atoms with Gasteiger partial charge < -0.3 is 10.2 Å². The van der Waals surface area contributed by atoms with E-state index in [9.17, 15) is 15.0 Å². The Morgan fingerprint density at radius 3 is 2.52 bits per heavy atom. The third kappa shape index (κ3) is 2.56. The molecule has 0 amide bonds. The van der Waals surface area contributed by atoms with Crippen molar-refractivity contribution >= 4 is 16.7 Å². The molecule has 0 radical (unpaired) electrons. The number of Topliss-reactive ketones (excluding diaryl/α,β-unsaturated/α-hetero) is 1. The first-order valence-corrected chi connectivity index (χ1v) is 6.57. The highest BCUT2D eigenvalue weighted by atomic mass is 16.3. The zero-order valence-electron chi connectivity index (χ0n) is 11.2. The molecule has 3 rings (SSSR count). The van der Waals surface area contributed by atoms with Gasteiger partial charge in [-0.15, -0.1) is 0 Å². The molecule has 3 aromatic rings. The molecule has 0 saturated carbocycles. The van der Waals surface area contributed by atoms with Gasteiger partial charge in [-0.3, -0.25) is 4.79 Å². The highest BCUT2D eigenvalue weighted by molar-refractivity contribution is 5.95. The molecule has 0 fully saturated rings. The number of phenolic OH excluding ortho intramolecular Hbond substituents is 2. The summed E-state index contributed by atoms with van der Waals surface area (Å²) in [5.74, 6) is -0.653. The van der Waals surface area contributed by atoms with E-state index in [1.54, 1.807) is 0 Å². The van der Waals surface area contributed by atoms with Gasteiger partial charge >= 0.3 is 0 Å². The zero-order chi connectivity index (χ0) is 14.8. The number of para-hydroxylation sites is 1. The van der Waals surface area contributed by atoms with E-state index in [0.29, 0.717) is 5.56 Å². The van der Waals surface area contributed by atoms with Crippen LogP contribution in [-0.2, 0) is 6.54 Å². The number of phenols is 2. The molecule has 0 saturated heterocycles. The van der Waals surface area contributed by atoms with Gasteiger partial charge in [0, 0.05) is 23.1 Å². The van der Waals surface area contributed by atoms with Crippen LogP contribution in [0, 0.1) is 0 Å². The minimum Gasteiger partial charge on any atom is -0.504 e. The highest BCUT2D eigenvalue weighted by Crippen LogP contribution is 2.25. The summed E-state index contributed by atoms with van der Waals surface area (Å²) in [6, 6.07) is 15.8. The number of aromatic nitrogens is 1. The summed E-state index contributed by atoms with van der Waals surface area (Å²) in [7, 11) is 0. The van der Waals surface area contributed by atoms with E-state index in [1.165, 1.54) is 18.2 Å². The summed E-state index contributed by atoms with van der Waals surface area (Å²) in [5.41, 5.74) is 1.34. The summed E-state index contributed by atoms with van der Waals surface area (Å²) < 4.78 is 1.86. The number of carbonyl (C=O) groups excluding carboxylic acids is 1. The quantitative estimate of drug-likeness (QED) is 0.440. The number of hydrogen-bond acceptors (Lipinski definition) is 3. The van der Waals surface area contributed by atoms with Gasteiger partial charge in [0.1, 0.15) is 0 Å². The molecule has 4 heteroatoms. The van der Waals surface area contributed by atoms with Crippen LogP contribution in [-0.4, -0.2) is 16.0 Å². The maximum atomic E-state index is 12.3. The topological polar surface area (TPSA) is 61.4 Å². The van der Waals surface area contributed by atoms with E-state index in [4.69, 9.17) is 0 Å². The smallest absolute Gasteiger partial charge is 0.227 e. The predicted octanol–water partition coefficient (Wildman–Crippen LogP) is 2.42. The van der Waals surface area contributed by atoms with Crippen LogP contribution in [0.3, 0.4) is 0 Å². The normalized spacial score (nSPS) is 10.7. The van der Waals surface area contributed by atoms with Crippen LogP contribution in [0.15, 0.2) is 60.8 Å². The number of benzene rings is 2. The molecule has 104 valence electrons. The lowest BCUT2D eigenvalue weighted by molar-refractivity contribution is -0.657. The Kier molecular flexibility index (Phi) is 3.28. The average Bonchev–Trinajstić information content (AvgIpc) is 2.50. The van der Waals surface area contributed by atoms with Crippen molar-refractivity contribution in [1.29, 1.82) is 0 Å². The van der Waals surface area contributed by atoms with Crippen molar-refractivity contribution in [2.75, 3.05) is 0 Å². The van der Waals surface area contributed by atoms with Crippen LogP contribution in [0.4, 0.5) is 0 Å². The number of rotatable bonds is 3. The summed E-state index contributed by atoms with van der Waals surface area (Å²) in [5, 5.41) is 19.8. The summed E-state index contributed by atoms with van der Waals surface area (Å²) in [4.78, 5) is 12.3. The van der Waals surface area contributed by atoms with Crippen molar-refractivity contribution in [1.82, 2.24) is 0 Å². The number of carbonyl (C=O) groups is 1. The van der Waals surface area contributed by atoms with Gasteiger partial charge in [-0.1, -0.05) is 12.1 Å². The molecule has 2 N–H and O–H groups in total. The first-order chi connectivity index (χ1) is 10.1. The Morgan fingerprint density at radius 2 is 1.71 bits per heavy atom. The Bertz CT molecular complexity index is 822. The lowest BCUT2D eigenvalue weighted by Gasteiger charge is -2.03. The monoisotopic (exact) mass is 280 g/mol. The Balaban J connectivity index is 1.94. The SMILES string of the molecule is O=C(C[n+]1cccc2ccccc21)c1ccc(O)c(O)c1. The Labute approximate surface area is 121 Å². The van der Waals surface area contributed by atoms with Gasteiger partial charge in [0.15, 0.2) is 17.7 Å². The minimum atomic E-state index is -0.288. The van der Waals surface area contributed by atoms with Crippen molar-refractivity contribution in [3.05, 3.63) is 66.4 Å². The van der Waals surface area contributed by atoms with Crippen LogP contribution in [0.25, 0.3) is 10.9 Å². The number of nitrogens with zero attached hydrogens (tertiary/aromatic N) is 1. The van der Waals surface area contributed by atoms with E-state index in [0.717, 1.165) is 10.9 Å². The van der Waals surface area contributed by atoms with Crippen LogP contribution >= 0.6 is 0 Å². The zero-order valence-corrected chi connectivity index (χ0v) is 11.2. The molecular weight excluding hydrogens is 266 g/mol. The summed E-state index contributed by atoms with van der Waals surface area (Å²) >= 11 is 0. The number of pyridine rings is 1. The van der Waals surface area contributed by atoms with Crippen LogP contribution < -0.4 is 4.57 Å². The van der Waals surface area contributed by atoms with E-state index in [1.807, 2.05) is 47.2 Å². The second-order valence-corrected chi connectivity index (χ2v) is 4.82. The first-order valence-electron chi connectivity index (χ1n) is 6.57. The van der Waals surface area contributed by atoms with Crippen molar-refractivity contribution < 1.29 is 19.6 Å². The molecule has 0 atom stereocenters. The minimum absolute atomic E-state index is 0.133. The van der Waals surface area contributed by atoms with Gasteiger partial charge in [0.05, 0.1) is 0 Å². The van der Waals surface area contributed by atoms with E-state index < -0.39 is 0 Å². The average molecular weight is 280 g/mol. The Morgan fingerprint density at radius 1 is 0.952 bits per heavy atom. The third-order valence-electron chi connectivity index (χ3n) is 3.40. The molecule has 4 nitrogen and oxygen atoms in total. The fourth-order valence-electron chi connectivity index (χ4n) is 2.30. The van der Waals surface area contributed by atoms with E-state index in [2.05, 4.69) is 0 Å². The van der Waals surface area contributed by atoms with Crippen molar-refractivity contribution in [2.24, 2.45) is 0 Å². The van der Waals surface area contributed by atoms with Gasteiger partial charge in [0.25, 0.3) is 0 Å². The maximum Gasteiger partial charge on any atom is 0.227 e. The van der Waals surface area contributed by atoms with E-state index >= 15 is 0 Å². The standard InChI is InChI=1S/C17H13NO3/c19-15-8-7-13(10-16(15)20)17(21)11-18-9-3-5-12-4-1-2-6-14(12)18/h1-10H,11H2,(H-,19,20,21)/p+1. The van der Waals surface area contributed by atoms with E-state index in [-0.39, 0.29) is 23.8 Å². The summed E-state index contributed by atoms with van der Waals surface area (Å²) in [6.45, 7) is 0.172. The molecule has 0 aliphatic carbocycles. The van der Waals surface area contributed by atoms with Gasteiger partial charge in [-0.2, -0.15) is 4.57 Å². The fraction of sp³-hybridized carbons (Fsp3) is 0.0588. The van der Waals surface area contributed by atoms with Crippen molar-refractivity contribution in [2.45, 2.75) is 6.54 Å². The number of aromatic hydroxyl groups is 2. The van der Waals surface area contributed by atoms with Gasteiger partial charge in [0.2, 0.25) is 17.8 Å². The lowest BCUT2D eigenvalue weighted by Crippen LogP contribution is -2.38. The number of hydrogen-bond donors (Lipinski definition) is 2. The molecular formula is C17H14NO3+. The Hall–Kier alpha value is -2.88. The fourth-order valence-corrected chi connectivity index (χ4v) is 2.30. The molecule has 0 aliphatic heterocycles. The molecule has 0 aliphatic rings. The van der Waals surface area contributed by atoms with Crippen LogP contribution in [0.2, 0.25) is 0 Å². The highest BCUT2D eigenvalue weighted by Gasteiger charge is 2.16. The second-order valence-electron chi connectivity index (χ2n) is 4.82. The molecule has 0 unspecified atom stereocenters. The molecule has 1 aromatic heterocycles. The largest absolute Gasteiger partial charge is 0.504 e. The maximum absolute atomic E-state index is 12.3. The number of ketones is 1. The molecule has 2 aromatic carbocycles. The third-order valence-corrected chi connectivity index (χ3v) is 3.40. The van der Waals surface area contributed by atoms with Crippen LogP contribution in [0.1, 0.15) is 10.4 Å². The van der Waals surface area contributed by atoms with Crippen molar-refractivity contribution in [3.63, 3.8) is 0 Å². The first kappa shape index (κ1) is 13.1. The predicted molar refractivity (Wildman–Crippen MR) is 78.2 cm³/mol. The van der Waals surface area contributed by atoms with Crippen LogP contribution in [0.5, 0.6) is 11.5 Å². The summed E-state index contributed by atoms with van der Waals surface area (Å²) in [6.07, 6.45) is 1.85. The van der Waals surface area contributed by atoms with Gasteiger partial charge in [-0.25, -0.2) is 0 Å². The molecule has 0 spiro atoms. The molecule has 21 heavy (non-hydrogen) atoms. The number of fused-ring (bicyclic) bond motifs is 1. The lowest BCUT2D eigenvalue weighted by atomic mass is 10.1. The molecule has 1 heterocycles. The second kappa shape index (κ2) is 5.25.